The average molecular weight is 208 g/mol. The lowest BCUT2D eigenvalue weighted by atomic mass is 9.86. The van der Waals surface area contributed by atoms with Crippen LogP contribution < -0.4 is 0 Å². The van der Waals surface area contributed by atoms with Crippen LogP contribution in [0.4, 0.5) is 0 Å². The minimum absolute atomic E-state index is 0.131. The summed E-state index contributed by atoms with van der Waals surface area (Å²) < 4.78 is 5.57. The Labute approximate surface area is 92.0 Å². The molecule has 1 aliphatic rings. The molecule has 0 aromatic heterocycles. The molecule has 0 N–H and O–H groups in total. The molecule has 0 amide bonds. The van der Waals surface area contributed by atoms with Gasteiger partial charge in [-0.3, -0.25) is 4.79 Å². The second-order valence-corrected chi connectivity index (χ2v) is 4.13. The van der Waals surface area contributed by atoms with Crippen molar-refractivity contribution in [3.8, 4) is 0 Å². The fourth-order valence-corrected chi connectivity index (χ4v) is 1.84. The van der Waals surface area contributed by atoms with Gasteiger partial charge in [0, 0.05) is 12.7 Å². The summed E-state index contributed by atoms with van der Waals surface area (Å²) in [6, 6.07) is 0. The third-order valence-corrected chi connectivity index (χ3v) is 3.00. The van der Waals surface area contributed by atoms with Crippen LogP contribution in [0.15, 0.2) is 23.8 Å². The summed E-state index contributed by atoms with van der Waals surface area (Å²) in [4.78, 5) is 11.2. The molecule has 0 bridgehead atoms. The first-order valence-corrected chi connectivity index (χ1v) is 5.59. The molecular formula is C13H20O2. The lowest BCUT2D eigenvalue weighted by Crippen LogP contribution is -2.30. The van der Waals surface area contributed by atoms with Gasteiger partial charge < -0.3 is 4.74 Å². The number of methoxy groups -OCH3 is 1. The van der Waals surface area contributed by atoms with Crippen LogP contribution in [-0.4, -0.2) is 18.5 Å². The van der Waals surface area contributed by atoms with Gasteiger partial charge in [0.15, 0.2) is 5.78 Å². The summed E-state index contributed by atoms with van der Waals surface area (Å²) in [5, 5.41) is 0. The van der Waals surface area contributed by atoms with Gasteiger partial charge in [0.2, 0.25) is 0 Å². The summed E-state index contributed by atoms with van der Waals surface area (Å²) in [5.41, 5.74) is 0.633. The summed E-state index contributed by atoms with van der Waals surface area (Å²) in [7, 11) is 1.74. The number of carbonyl (C=O) groups excluding carboxylic acids is 1. The van der Waals surface area contributed by atoms with Gasteiger partial charge in [-0.1, -0.05) is 38.0 Å². The number of ketones is 1. The van der Waals surface area contributed by atoms with Gasteiger partial charge in [-0.15, -0.1) is 0 Å². The van der Waals surface area contributed by atoms with Crippen LogP contribution in [0.1, 0.15) is 39.5 Å². The maximum atomic E-state index is 11.2. The molecule has 1 atom stereocenters. The number of hydrogen-bond donors (Lipinski definition) is 0. The zero-order chi connectivity index (χ0) is 11.3. The quantitative estimate of drug-likeness (QED) is 0.694. The molecule has 0 aromatic carbocycles. The topological polar surface area (TPSA) is 26.3 Å². The van der Waals surface area contributed by atoms with Crippen LogP contribution in [0.2, 0.25) is 0 Å². The van der Waals surface area contributed by atoms with Gasteiger partial charge in [-0.2, -0.15) is 0 Å². The van der Waals surface area contributed by atoms with Crippen LogP contribution in [0.5, 0.6) is 0 Å². The van der Waals surface area contributed by atoms with E-state index in [1.807, 2.05) is 18.2 Å². The van der Waals surface area contributed by atoms with Gasteiger partial charge in [0.05, 0.1) is 5.60 Å². The maximum Gasteiger partial charge on any atom is 0.159 e. The number of unbranched alkanes of at least 4 members (excludes halogenated alkanes) is 1. The largest absolute Gasteiger partial charge is 0.374 e. The lowest BCUT2D eigenvalue weighted by molar-refractivity contribution is -0.113. The molecule has 0 radical (unpaired) electrons. The summed E-state index contributed by atoms with van der Waals surface area (Å²) in [6.07, 6.45) is 10.1. The monoisotopic (exact) mass is 208 g/mol. The third kappa shape index (κ3) is 3.03. The molecule has 0 aromatic rings. The fraction of sp³-hybridized carbons (Fsp3) is 0.615. The minimum atomic E-state index is -0.172. The standard InChI is InChI=1S/C13H20O2/c1-4-5-8-13(15-3)9-6-12(7-10-13)11(2)14/h6-7,9H,4-5,8,10H2,1-3H3. The molecule has 0 saturated heterocycles. The van der Waals surface area contributed by atoms with Crippen molar-refractivity contribution in [2.75, 3.05) is 7.11 Å². The van der Waals surface area contributed by atoms with E-state index < -0.39 is 0 Å². The zero-order valence-electron chi connectivity index (χ0n) is 9.88. The SMILES string of the molecule is CCCCC1(OC)C=CC(C(C)=O)=CC1. The molecule has 84 valence electrons. The first kappa shape index (κ1) is 12.2. The molecule has 2 nitrogen and oxygen atoms in total. The number of Topliss-reactive ketones (excluding diaryl/α,β-unsaturated/α-hetero) is 1. The van der Waals surface area contributed by atoms with Gasteiger partial charge in [-0.25, -0.2) is 0 Å². The van der Waals surface area contributed by atoms with Crippen molar-refractivity contribution in [3.63, 3.8) is 0 Å². The van der Waals surface area contributed by atoms with Crippen LogP contribution in [0, 0.1) is 0 Å². The van der Waals surface area contributed by atoms with Crippen molar-refractivity contribution in [1.29, 1.82) is 0 Å². The first-order valence-electron chi connectivity index (χ1n) is 5.59. The van der Waals surface area contributed by atoms with Gasteiger partial charge in [0.25, 0.3) is 0 Å². The molecule has 1 rings (SSSR count). The van der Waals surface area contributed by atoms with Crippen molar-refractivity contribution in [1.82, 2.24) is 0 Å². The van der Waals surface area contributed by atoms with Crippen LogP contribution in [0.3, 0.4) is 0 Å². The van der Waals surface area contributed by atoms with Crippen LogP contribution in [-0.2, 0) is 9.53 Å². The highest BCUT2D eigenvalue weighted by atomic mass is 16.5. The highest BCUT2D eigenvalue weighted by Crippen LogP contribution is 2.29. The Bertz CT molecular complexity index is 289. The lowest BCUT2D eigenvalue weighted by Gasteiger charge is -2.30. The molecule has 0 spiro atoms. The van der Waals surface area contributed by atoms with E-state index in [1.165, 1.54) is 6.42 Å². The summed E-state index contributed by atoms with van der Waals surface area (Å²) in [6.45, 7) is 3.77. The van der Waals surface area contributed by atoms with Gasteiger partial charge in [0.1, 0.15) is 0 Å². The Morgan fingerprint density at radius 3 is 2.73 bits per heavy atom. The van der Waals surface area contributed by atoms with Crippen LogP contribution >= 0.6 is 0 Å². The molecular weight excluding hydrogens is 188 g/mol. The predicted octanol–water partition coefficient (Wildman–Crippen LogP) is 3.04. The van der Waals surface area contributed by atoms with Crippen LogP contribution in [0.25, 0.3) is 0 Å². The molecule has 1 aliphatic carbocycles. The van der Waals surface area contributed by atoms with E-state index in [0.29, 0.717) is 0 Å². The molecule has 0 aliphatic heterocycles. The molecule has 0 fully saturated rings. The van der Waals surface area contributed by atoms with E-state index in [9.17, 15) is 4.79 Å². The number of rotatable bonds is 5. The average Bonchev–Trinajstić information content (AvgIpc) is 2.27. The van der Waals surface area contributed by atoms with E-state index in [0.717, 1.165) is 24.8 Å². The normalized spacial score (nSPS) is 25.1. The Morgan fingerprint density at radius 2 is 2.33 bits per heavy atom. The number of allylic oxidation sites excluding steroid dienone is 2. The Hall–Kier alpha value is -0.890. The van der Waals surface area contributed by atoms with Crippen molar-refractivity contribution in [2.45, 2.75) is 45.1 Å². The van der Waals surface area contributed by atoms with Crippen molar-refractivity contribution < 1.29 is 9.53 Å². The summed E-state index contributed by atoms with van der Waals surface area (Å²) in [5.74, 6) is 0.131. The van der Waals surface area contributed by atoms with E-state index >= 15 is 0 Å². The third-order valence-electron chi connectivity index (χ3n) is 3.00. The van der Waals surface area contributed by atoms with E-state index in [4.69, 9.17) is 4.74 Å². The molecule has 0 heterocycles. The molecule has 1 unspecified atom stereocenters. The molecule has 0 saturated carbocycles. The smallest absolute Gasteiger partial charge is 0.159 e. The van der Waals surface area contributed by atoms with Crippen molar-refractivity contribution >= 4 is 5.78 Å². The fourth-order valence-electron chi connectivity index (χ4n) is 1.84. The molecule has 15 heavy (non-hydrogen) atoms. The van der Waals surface area contributed by atoms with Gasteiger partial charge in [-0.05, 0) is 19.8 Å². The zero-order valence-corrected chi connectivity index (χ0v) is 9.88. The van der Waals surface area contributed by atoms with E-state index in [-0.39, 0.29) is 11.4 Å². The highest BCUT2D eigenvalue weighted by Gasteiger charge is 2.27. The number of carbonyl (C=O) groups is 1. The minimum Gasteiger partial charge on any atom is -0.374 e. The second-order valence-electron chi connectivity index (χ2n) is 4.13. The van der Waals surface area contributed by atoms with E-state index in [1.54, 1.807) is 14.0 Å². The number of hydrogen-bond acceptors (Lipinski definition) is 2. The van der Waals surface area contributed by atoms with Crippen molar-refractivity contribution in [3.05, 3.63) is 23.8 Å². The Balaban J connectivity index is 2.67. The first-order chi connectivity index (χ1) is 7.13. The van der Waals surface area contributed by atoms with Gasteiger partial charge >= 0.3 is 0 Å². The van der Waals surface area contributed by atoms with E-state index in [2.05, 4.69) is 6.92 Å². The summed E-state index contributed by atoms with van der Waals surface area (Å²) >= 11 is 0. The maximum absolute atomic E-state index is 11.2. The second kappa shape index (κ2) is 5.26. The predicted molar refractivity (Wildman–Crippen MR) is 61.8 cm³/mol. The number of ether oxygens (including phenoxy) is 1. The highest BCUT2D eigenvalue weighted by molar-refractivity contribution is 5.96. The Morgan fingerprint density at radius 1 is 1.60 bits per heavy atom. The van der Waals surface area contributed by atoms with Crippen molar-refractivity contribution in [2.24, 2.45) is 0 Å². The Kier molecular flexibility index (Phi) is 4.28. The molecule has 2 heteroatoms.